The van der Waals surface area contributed by atoms with Crippen LogP contribution in [-0.2, 0) is 25.5 Å². The van der Waals surface area contributed by atoms with E-state index in [1.807, 2.05) is 51.1 Å². The van der Waals surface area contributed by atoms with E-state index in [0.717, 1.165) is 24.8 Å². The largest absolute Gasteiger partial charge is 1.00 e. The molecule has 1 N–H and O–H groups in total. The second kappa shape index (κ2) is 21.1. The van der Waals surface area contributed by atoms with Gasteiger partial charge in [-0.3, -0.25) is 11.1 Å². The van der Waals surface area contributed by atoms with Gasteiger partial charge in [0.25, 0.3) is 0 Å². The Morgan fingerprint density at radius 3 is 2.19 bits per heavy atom. The molecule has 0 bridgehead atoms. The molecule has 0 radical (unpaired) electrons. The van der Waals surface area contributed by atoms with Gasteiger partial charge >= 0.3 is 30.9 Å². The molecule has 31 heavy (non-hydrogen) atoms. The van der Waals surface area contributed by atoms with Crippen molar-refractivity contribution < 1.29 is 42.7 Å². The fraction of sp³-hybridized carbons (Fsp3) is 0.458. The summed E-state index contributed by atoms with van der Waals surface area (Å²) >= 11 is 0. The van der Waals surface area contributed by atoms with E-state index in [-0.39, 0.29) is 43.8 Å². The van der Waals surface area contributed by atoms with Gasteiger partial charge in [-0.1, -0.05) is 18.1 Å². The molecular weight excluding hydrogens is 389 g/mol. The van der Waals surface area contributed by atoms with Crippen molar-refractivity contribution >= 4 is 18.3 Å². The van der Waals surface area contributed by atoms with Crippen molar-refractivity contribution in [2.75, 3.05) is 13.7 Å². The Kier molecular flexibility index (Phi) is 22.8. The standard InChI is InChI=1S/C14H20NO2.C5H7O3.C5H9.Li/c1-11-5-7-12(8-6-11)9-10-15-13(16)17-14(2,3)4;1-8-5(7)3-2-4-6;1-3-5-4-2;/h5-8H,1,9-10H2,2-4H3,(H,15,16);2-3H2,1H3;3H,1-2,4-5H2;/q3*-1;+1. The van der Waals surface area contributed by atoms with E-state index in [4.69, 9.17) is 4.74 Å². The number of methoxy groups -OCH3 is 1. The van der Waals surface area contributed by atoms with E-state index in [1.54, 1.807) is 6.29 Å². The maximum absolute atomic E-state index is 11.4. The van der Waals surface area contributed by atoms with E-state index in [2.05, 4.69) is 30.5 Å². The molecule has 0 atom stereocenters. The van der Waals surface area contributed by atoms with Crippen LogP contribution in [-0.4, -0.2) is 37.6 Å². The predicted molar refractivity (Wildman–Crippen MR) is 121 cm³/mol. The van der Waals surface area contributed by atoms with E-state index >= 15 is 0 Å². The Morgan fingerprint density at radius 1 is 1.23 bits per heavy atom. The Balaban J connectivity index is -0.000000468. The molecule has 1 amide bonds. The van der Waals surface area contributed by atoms with E-state index in [9.17, 15) is 14.4 Å². The van der Waals surface area contributed by atoms with Crippen molar-refractivity contribution in [3.8, 4) is 0 Å². The van der Waals surface area contributed by atoms with Gasteiger partial charge in [0.2, 0.25) is 0 Å². The van der Waals surface area contributed by atoms with Crippen LogP contribution in [0.15, 0.2) is 36.9 Å². The second-order valence-corrected chi connectivity index (χ2v) is 7.15. The minimum atomic E-state index is -0.445. The smallest absolute Gasteiger partial charge is 0.542 e. The Bertz CT molecular complexity index is 609. The van der Waals surface area contributed by atoms with Crippen LogP contribution in [0.2, 0.25) is 0 Å². The number of amides is 1. The number of hydrogen-bond donors (Lipinski definition) is 1. The van der Waals surface area contributed by atoms with Crippen molar-refractivity contribution in [3.63, 3.8) is 0 Å². The first kappa shape index (κ1) is 33.5. The van der Waals surface area contributed by atoms with Gasteiger partial charge in [0.05, 0.1) is 7.11 Å². The Morgan fingerprint density at radius 2 is 1.81 bits per heavy atom. The van der Waals surface area contributed by atoms with E-state index in [1.165, 1.54) is 12.7 Å². The monoisotopic (exact) mass is 425 g/mol. The van der Waals surface area contributed by atoms with Gasteiger partial charge in [-0.2, -0.15) is 31.0 Å². The number of nitrogens with one attached hydrogen (secondary N) is 1. The molecule has 7 heteroatoms. The fourth-order valence-corrected chi connectivity index (χ4v) is 1.73. The Hall–Kier alpha value is -2.16. The second-order valence-electron chi connectivity index (χ2n) is 7.15. The van der Waals surface area contributed by atoms with Gasteiger partial charge in [0, 0.05) is 13.0 Å². The molecule has 0 saturated heterocycles. The van der Waals surface area contributed by atoms with E-state index < -0.39 is 5.60 Å². The molecule has 0 saturated carbocycles. The van der Waals surface area contributed by atoms with Crippen LogP contribution in [0.5, 0.6) is 0 Å². The van der Waals surface area contributed by atoms with Crippen molar-refractivity contribution in [1.29, 1.82) is 0 Å². The Labute approximate surface area is 200 Å². The minimum Gasteiger partial charge on any atom is -0.542 e. The van der Waals surface area contributed by atoms with Gasteiger partial charge in [-0.15, -0.1) is 25.1 Å². The van der Waals surface area contributed by atoms with E-state index in [0.29, 0.717) is 6.54 Å². The summed E-state index contributed by atoms with van der Waals surface area (Å²) in [5.41, 5.74) is 1.72. The molecule has 0 aromatic heterocycles. The van der Waals surface area contributed by atoms with Gasteiger partial charge in [-0.25, -0.2) is 4.79 Å². The molecule has 0 unspecified atom stereocenters. The van der Waals surface area contributed by atoms with Gasteiger partial charge in [-0.05, 0) is 27.2 Å². The number of alkyl carbamates (subject to hydrolysis) is 1. The van der Waals surface area contributed by atoms with Crippen molar-refractivity contribution in [2.45, 2.75) is 58.5 Å². The number of allylic oxidation sites excluding steroid dienone is 1. The van der Waals surface area contributed by atoms with Crippen LogP contribution in [0.25, 0.3) is 0 Å². The number of carbonyl (C=O) groups is 2. The van der Waals surface area contributed by atoms with Crippen LogP contribution >= 0.6 is 0 Å². The molecule has 0 aliphatic rings. The molecule has 1 aromatic rings. The average molecular weight is 425 g/mol. The first-order valence-corrected chi connectivity index (χ1v) is 9.79. The predicted octanol–water partition coefficient (Wildman–Crippen LogP) is 1.78. The van der Waals surface area contributed by atoms with Crippen LogP contribution in [0.1, 0.15) is 57.6 Å². The summed E-state index contributed by atoms with van der Waals surface area (Å²) in [7, 11) is 1.28. The van der Waals surface area contributed by atoms with Crippen molar-refractivity contribution in [3.05, 3.63) is 61.9 Å². The molecule has 0 spiro atoms. The molecule has 0 aliphatic carbocycles. The number of rotatable bonds is 8. The number of carbonyl (C=O) groups excluding carboxylic acids is 3. The minimum absolute atomic E-state index is 0. The average Bonchev–Trinajstić information content (AvgIpc) is 2.68. The number of benzene rings is 1. The first-order valence-electron chi connectivity index (χ1n) is 9.79. The van der Waals surface area contributed by atoms with Crippen molar-refractivity contribution in [2.24, 2.45) is 0 Å². The van der Waals surface area contributed by atoms with Crippen molar-refractivity contribution in [1.82, 2.24) is 5.32 Å². The maximum Gasteiger partial charge on any atom is 1.00 e. The summed E-state index contributed by atoms with van der Waals surface area (Å²) in [6.07, 6.45) is 6.16. The summed E-state index contributed by atoms with van der Waals surface area (Å²) in [4.78, 5) is 31.0. The summed E-state index contributed by atoms with van der Waals surface area (Å²) in [5.74, 6) is -0.367. The van der Waals surface area contributed by atoms with Crippen LogP contribution < -0.4 is 24.2 Å². The van der Waals surface area contributed by atoms with Crippen LogP contribution in [0, 0.1) is 13.8 Å². The normalized spacial score (nSPS) is 9.32. The molecule has 1 aromatic carbocycles. The summed E-state index contributed by atoms with van der Waals surface area (Å²) in [6.45, 7) is 17.1. The number of hydrogen-bond acceptors (Lipinski definition) is 5. The zero-order chi connectivity index (χ0) is 23.4. The molecule has 170 valence electrons. The van der Waals surface area contributed by atoms with Gasteiger partial charge < -0.3 is 26.5 Å². The summed E-state index contributed by atoms with van der Waals surface area (Å²) in [6, 6.07) is 7.95. The number of unbranched alkanes of at least 4 members (excludes halogenated alkanes) is 1. The molecule has 0 heterocycles. The first-order chi connectivity index (χ1) is 14.1. The molecule has 0 aliphatic heterocycles. The maximum atomic E-state index is 11.4. The zero-order valence-corrected chi connectivity index (χ0v) is 19.8. The third kappa shape index (κ3) is 25.8. The summed E-state index contributed by atoms with van der Waals surface area (Å²) < 4.78 is 9.37. The SMILES string of the molecule is C=CCC[CH2-].COC(=O)CC[C-]=O.[CH2-]c1ccc(CCNC(=O)OC(C)(C)C)cc1.[Li+]. The van der Waals surface area contributed by atoms with Crippen LogP contribution in [0.4, 0.5) is 4.79 Å². The summed E-state index contributed by atoms with van der Waals surface area (Å²) in [5, 5.41) is 2.73. The number of ether oxygens (including phenoxy) is 2. The fourth-order valence-electron chi connectivity index (χ4n) is 1.73. The third-order valence-electron chi connectivity index (χ3n) is 3.17. The third-order valence-corrected chi connectivity index (χ3v) is 3.17. The van der Waals surface area contributed by atoms with Crippen LogP contribution in [0.3, 0.4) is 0 Å². The molecule has 1 rings (SSSR count). The zero-order valence-electron chi connectivity index (χ0n) is 19.8. The molecule has 6 nitrogen and oxygen atoms in total. The quantitative estimate of drug-likeness (QED) is 0.297. The number of esters is 1. The molecular formula is C24H36LiNO5-2. The van der Waals surface area contributed by atoms with Gasteiger partial charge in [0.1, 0.15) is 5.60 Å². The molecule has 0 fully saturated rings. The topological polar surface area (TPSA) is 81.7 Å². The van der Waals surface area contributed by atoms with Gasteiger partial charge in [0.15, 0.2) is 0 Å².